The number of aromatic nitrogens is 2. The predicted octanol–water partition coefficient (Wildman–Crippen LogP) is 6.27. The Balaban J connectivity index is 1.13. The number of esters is 1. The van der Waals surface area contributed by atoms with Crippen LogP contribution in [0.1, 0.15) is 40.5 Å². The first kappa shape index (κ1) is 32.0. The number of nitrogens with zero attached hydrogens (tertiary/aromatic N) is 2. The highest BCUT2D eigenvalue weighted by molar-refractivity contribution is 5.97. The number of fused-ring (bicyclic) bond motifs is 1. The Morgan fingerprint density at radius 1 is 0.696 bits per heavy atom. The third-order valence-electron chi connectivity index (χ3n) is 7.06. The van der Waals surface area contributed by atoms with Gasteiger partial charge in [0, 0.05) is 12.0 Å². The maximum Gasteiger partial charge on any atom is 0.328 e. The number of rotatable bonds is 15. The summed E-state index contributed by atoms with van der Waals surface area (Å²) in [5.41, 5.74) is 4.61. The molecular weight excluding hydrogens is 582 g/mol. The molecule has 1 aromatic heterocycles. The lowest BCUT2D eigenvalue weighted by Crippen LogP contribution is -2.43. The number of nitrogens with one attached hydrogen (secondary N) is 1. The number of amides is 1. The molecule has 9 heteroatoms. The third-order valence-corrected chi connectivity index (χ3v) is 7.06. The average Bonchev–Trinajstić information content (AvgIpc) is 3.09. The average molecular weight is 620 g/mol. The van der Waals surface area contributed by atoms with Crippen LogP contribution < -0.4 is 19.5 Å². The number of hydrogen-bond acceptors (Lipinski definition) is 8. The van der Waals surface area contributed by atoms with Crippen LogP contribution in [0, 0.1) is 6.92 Å². The Kier molecular flexibility index (Phi) is 11.1. The lowest BCUT2D eigenvalue weighted by Gasteiger charge is -2.18. The van der Waals surface area contributed by atoms with E-state index in [0.717, 1.165) is 22.2 Å². The van der Waals surface area contributed by atoms with E-state index in [2.05, 4.69) is 15.3 Å². The first-order valence-corrected chi connectivity index (χ1v) is 15.3. The van der Waals surface area contributed by atoms with Crippen molar-refractivity contribution >= 4 is 22.9 Å². The van der Waals surface area contributed by atoms with Crippen molar-refractivity contribution in [2.75, 3.05) is 19.8 Å². The van der Waals surface area contributed by atoms with E-state index in [9.17, 15) is 9.59 Å². The molecule has 0 aliphatic rings. The molecule has 0 spiro atoms. The molecule has 0 saturated carbocycles. The molecule has 0 aliphatic heterocycles. The van der Waals surface area contributed by atoms with Crippen molar-refractivity contribution in [3.8, 4) is 17.4 Å². The molecule has 1 atom stereocenters. The number of hydrogen-bond donors (Lipinski definition) is 1. The van der Waals surface area contributed by atoms with Crippen LogP contribution in [0.15, 0.2) is 103 Å². The van der Waals surface area contributed by atoms with E-state index in [1.165, 1.54) is 0 Å². The van der Waals surface area contributed by atoms with Gasteiger partial charge in [-0.05, 0) is 73.0 Å². The second kappa shape index (κ2) is 16.0. The van der Waals surface area contributed by atoms with Crippen LogP contribution in [0.5, 0.6) is 17.4 Å². The molecule has 1 N–H and O–H groups in total. The minimum absolute atomic E-state index is 0.273. The van der Waals surface area contributed by atoms with Gasteiger partial charge in [-0.15, -0.1) is 0 Å². The topological polar surface area (TPSA) is 109 Å². The number of carbonyl (C=O) groups excluding carboxylic acids is 2. The highest BCUT2D eigenvalue weighted by Crippen LogP contribution is 2.19. The van der Waals surface area contributed by atoms with Crippen molar-refractivity contribution in [3.05, 3.63) is 126 Å². The van der Waals surface area contributed by atoms with Gasteiger partial charge in [0.1, 0.15) is 43.1 Å². The Hall–Kier alpha value is -5.44. The van der Waals surface area contributed by atoms with Gasteiger partial charge in [-0.25, -0.2) is 14.8 Å². The van der Waals surface area contributed by atoms with Crippen LogP contribution in [0.2, 0.25) is 0 Å². The van der Waals surface area contributed by atoms with Gasteiger partial charge < -0.3 is 24.3 Å². The summed E-state index contributed by atoms with van der Waals surface area (Å²) in [6.45, 7) is 5.06. The molecule has 0 aliphatic carbocycles. The summed E-state index contributed by atoms with van der Waals surface area (Å²) in [4.78, 5) is 35.1. The monoisotopic (exact) mass is 619 g/mol. The standard InChI is InChI=1S/C37H37N3O6/c1-3-21-45-37(42)34(24-27-13-17-31(18-14-27)46-25-28-9-5-4-6-10-28)39-35(41)29-15-19-30(20-16-29)43-22-23-44-36-26(2)38-32-11-7-8-12-33(32)40-36/h4-20,34H,3,21-25H2,1-2H3,(H,39,41). The van der Waals surface area contributed by atoms with Crippen molar-refractivity contribution in [3.63, 3.8) is 0 Å². The number of ether oxygens (including phenoxy) is 4. The quantitative estimate of drug-likeness (QED) is 0.108. The Morgan fingerprint density at radius 3 is 2.04 bits per heavy atom. The van der Waals surface area contributed by atoms with Crippen molar-refractivity contribution in [2.24, 2.45) is 0 Å². The lowest BCUT2D eigenvalue weighted by atomic mass is 10.0. The van der Waals surface area contributed by atoms with Crippen LogP contribution in [0.25, 0.3) is 11.0 Å². The van der Waals surface area contributed by atoms with E-state index in [4.69, 9.17) is 18.9 Å². The molecule has 1 heterocycles. The van der Waals surface area contributed by atoms with E-state index in [0.29, 0.717) is 41.7 Å². The van der Waals surface area contributed by atoms with Gasteiger partial charge in [-0.1, -0.05) is 61.5 Å². The molecule has 46 heavy (non-hydrogen) atoms. The minimum atomic E-state index is -0.857. The number of benzene rings is 4. The van der Waals surface area contributed by atoms with E-state index >= 15 is 0 Å². The largest absolute Gasteiger partial charge is 0.490 e. The van der Waals surface area contributed by atoms with Gasteiger partial charge in [0.15, 0.2) is 0 Å². The number of aryl methyl sites for hydroxylation is 1. The van der Waals surface area contributed by atoms with E-state index < -0.39 is 12.0 Å². The Bertz CT molecular complexity index is 1730. The second-order valence-corrected chi connectivity index (χ2v) is 10.6. The molecule has 1 unspecified atom stereocenters. The fourth-order valence-electron chi connectivity index (χ4n) is 4.65. The maximum atomic E-state index is 13.1. The third kappa shape index (κ3) is 9.04. The van der Waals surface area contributed by atoms with Crippen molar-refractivity contribution in [2.45, 2.75) is 39.3 Å². The van der Waals surface area contributed by atoms with Crippen molar-refractivity contribution < 1.29 is 28.5 Å². The molecular formula is C37H37N3O6. The van der Waals surface area contributed by atoms with Gasteiger partial charge in [0.25, 0.3) is 5.91 Å². The summed E-state index contributed by atoms with van der Waals surface area (Å²) in [6, 6.07) is 30.9. The number of para-hydroxylation sites is 2. The van der Waals surface area contributed by atoms with E-state index in [1.807, 2.05) is 92.7 Å². The summed E-state index contributed by atoms with van der Waals surface area (Å²) >= 11 is 0. The molecule has 9 nitrogen and oxygen atoms in total. The predicted molar refractivity (Wildman–Crippen MR) is 175 cm³/mol. The van der Waals surface area contributed by atoms with Crippen LogP contribution in [-0.4, -0.2) is 47.7 Å². The molecule has 1 amide bonds. The Labute approximate surface area is 268 Å². The minimum Gasteiger partial charge on any atom is -0.490 e. The highest BCUT2D eigenvalue weighted by Gasteiger charge is 2.23. The van der Waals surface area contributed by atoms with Crippen molar-refractivity contribution in [1.82, 2.24) is 15.3 Å². The molecule has 0 radical (unpaired) electrons. The summed E-state index contributed by atoms with van der Waals surface area (Å²) < 4.78 is 22.9. The van der Waals surface area contributed by atoms with Gasteiger partial charge >= 0.3 is 5.97 Å². The molecule has 5 aromatic rings. The van der Waals surface area contributed by atoms with Crippen LogP contribution >= 0.6 is 0 Å². The van der Waals surface area contributed by atoms with Crippen molar-refractivity contribution in [1.29, 1.82) is 0 Å². The number of carbonyl (C=O) groups is 2. The molecule has 0 saturated heterocycles. The highest BCUT2D eigenvalue weighted by atomic mass is 16.5. The van der Waals surface area contributed by atoms with Crippen LogP contribution in [0.4, 0.5) is 0 Å². The maximum absolute atomic E-state index is 13.1. The van der Waals surface area contributed by atoms with Gasteiger partial charge in [0.2, 0.25) is 5.88 Å². The van der Waals surface area contributed by atoms with Gasteiger partial charge in [-0.3, -0.25) is 4.79 Å². The SMILES string of the molecule is CCCOC(=O)C(Cc1ccc(OCc2ccccc2)cc1)NC(=O)c1ccc(OCCOc2nc3ccccc3nc2C)cc1. The fourth-order valence-corrected chi connectivity index (χ4v) is 4.65. The summed E-state index contributed by atoms with van der Waals surface area (Å²) in [5.74, 6) is 0.893. The zero-order chi connectivity index (χ0) is 32.1. The molecule has 0 fully saturated rings. The zero-order valence-corrected chi connectivity index (χ0v) is 26.0. The van der Waals surface area contributed by atoms with Gasteiger partial charge in [0.05, 0.1) is 17.6 Å². The lowest BCUT2D eigenvalue weighted by molar-refractivity contribution is -0.145. The summed E-state index contributed by atoms with van der Waals surface area (Å²) in [6.07, 6.45) is 0.955. The smallest absolute Gasteiger partial charge is 0.328 e. The fraction of sp³-hybridized carbons (Fsp3) is 0.243. The molecule has 0 bridgehead atoms. The second-order valence-electron chi connectivity index (χ2n) is 10.6. The van der Waals surface area contributed by atoms with Crippen LogP contribution in [-0.2, 0) is 22.6 Å². The molecule has 5 rings (SSSR count). The molecule has 236 valence electrons. The van der Waals surface area contributed by atoms with Crippen LogP contribution in [0.3, 0.4) is 0 Å². The molecule has 4 aromatic carbocycles. The summed E-state index contributed by atoms with van der Waals surface area (Å²) in [5, 5.41) is 2.84. The normalized spacial score (nSPS) is 11.4. The first-order chi connectivity index (χ1) is 22.5. The Morgan fingerprint density at radius 2 is 1.33 bits per heavy atom. The van der Waals surface area contributed by atoms with E-state index in [1.54, 1.807) is 24.3 Å². The zero-order valence-electron chi connectivity index (χ0n) is 26.0. The van der Waals surface area contributed by atoms with E-state index in [-0.39, 0.29) is 32.1 Å². The summed E-state index contributed by atoms with van der Waals surface area (Å²) in [7, 11) is 0. The first-order valence-electron chi connectivity index (χ1n) is 15.3. The van der Waals surface area contributed by atoms with Gasteiger partial charge in [-0.2, -0.15) is 0 Å².